The van der Waals surface area contributed by atoms with Gasteiger partial charge in [0, 0.05) is 18.2 Å². The molecule has 6 rings (SSSR count). The Bertz CT molecular complexity index is 840. The molecular weight excluding hydrogens is 378 g/mol. The Morgan fingerprint density at radius 3 is 2.77 bits per heavy atom. The second kappa shape index (κ2) is 8.18. The third kappa shape index (κ3) is 3.27. The molecule has 0 saturated heterocycles. The Hall–Kier alpha value is -1.41. The average Bonchev–Trinajstić information content (AvgIpc) is 3.36. The van der Waals surface area contributed by atoms with Crippen molar-refractivity contribution in [2.24, 2.45) is 33.1 Å². The van der Waals surface area contributed by atoms with Gasteiger partial charge in [0.25, 0.3) is 0 Å². The van der Waals surface area contributed by atoms with E-state index in [1.54, 1.807) is 0 Å². The zero-order chi connectivity index (χ0) is 21.5. The molecule has 3 fully saturated rings. The summed E-state index contributed by atoms with van der Waals surface area (Å²) in [5.41, 5.74) is 3.95. The number of allylic oxidation sites excluding steroid dienone is 2. The smallest absolute Gasteiger partial charge is 0.0716 e. The number of benzene rings is 1. The minimum absolute atomic E-state index is 0.283. The van der Waals surface area contributed by atoms with Crippen LogP contribution >= 0.6 is 0 Å². The Morgan fingerprint density at radius 1 is 1.13 bits per heavy atom. The monoisotopic (exact) mass is 419 g/mol. The largest absolute Gasteiger partial charge is 0.377 e. The second-order valence-electron chi connectivity index (χ2n) is 11.5. The fourth-order valence-corrected chi connectivity index (χ4v) is 8.60. The summed E-state index contributed by atoms with van der Waals surface area (Å²) in [5.74, 6) is 1.65. The minimum atomic E-state index is 0.283. The fourth-order valence-electron chi connectivity index (χ4n) is 8.60. The van der Waals surface area contributed by atoms with Crippen molar-refractivity contribution in [3.05, 3.63) is 47.5 Å². The average molecular weight is 420 g/mol. The highest BCUT2D eigenvalue weighted by Crippen LogP contribution is 2.77. The summed E-state index contributed by atoms with van der Waals surface area (Å²) in [6.07, 6.45) is 17.1. The van der Waals surface area contributed by atoms with Crippen LogP contribution in [0, 0.1) is 28.1 Å². The highest BCUT2D eigenvalue weighted by molar-refractivity contribution is 5.72. The first-order valence-electron chi connectivity index (χ1n) is 12.8. The highest BCUT2D eigenvalue weighted by atomic mass is 16.5. The SMILES string of the molecule is CC(C)=CCC[C@@]1(C)C2CC[C@]34CCC[C@@H]3[C@@]1(CCCOCc1ccccc1)C=N[C@H]24. The van der Waals surface area contributed by atoms with Gasteiger partial charge in [-0.3, -0.25) is 4.99 Å². The Morgan fingerprint density at radius 2 is 1.97 bits per heavy atom. The van der Waals surface area contributed by atoms with Gasteiger partial charge < -0.3 is 4.74 Å². The van der Waals surface area contributed by atoms with Gasteiger partial charge in [-0.15, -0.1) is 0 Å². The first-order valence-corrected chi connectivity index (χ1v) is 12.8. The fraction of sp³-hybridized carbons (Fsp3) is 0.690. The van der Waals surface area contributed by atoms with Gasteiger partial charge in [-0.25, -0.2) is 0 Å². The summed E-state index contributed by atoms with van der Waals surface area (Å²) in [6.45, 7) is 8.75. The molecule has 31 heavy (non-hydrogen) atoms. The molecule has 168 valence electrons. The number of aliphatic imine (C=N–C) groups is 1. The van der Waals surface area contributed by atoms with Gasteiger partial charge in [-0.1, -0.05) is 55.3 Å². The van der Waals surface area contributed by atoms with Gasteiger partial charge in [0.05, 0.1) is 12.6 Å². The Labute approximate surface area is 189 Å². The number of nitrogens with zero attached hydrogens (tertiary/aromatic N) is 1. The molecule has 3 saturated carbocycles. The summed E-state index contributed by atoms with van der Waals surface area (Å²) < 4.78 is 6.12. The number of ether oxygens (including phenoxy) is 1. The topological polar surface area (TPSA) is 21.6 Å². The number of hydrogen-bond acceptors (Lipinski definition) is 2. The number of hydrogen-bond donors (Lipinski definition) is 0. The van der Waals surface area contributed by atoms with E-state index in [4.69, 9.17) is 9.73 Å². The van der Waals surface area contributed by atoms with Gasteiger partial charge in [-0.05, 0) is 93.4 Å². The molecule has 1 unspecified atom stereocenters. The molecule has 3 aliphatic carbocycles. The van der Waals surface area contributed by atoms with Crippen molar-refractivity contribution in [1.29, 1.82) is 0 Å². The highest BCUT2D eigenvalue weighted by Gasteiger charge is 2.74. The predicted octanol–water partition coefficient (Wildman–Crippen LogP) is 7.39. The van der Waals surface area contributed by atoms with E-state index < -0.39 is 0 Å². The molecule has 0 radical (unpaired) electrons. The molecule has 2 heteroatoms. The van der Waals surface area contributed by atoms with E-state index >= 15 is 0 Å². The molecule has 0 aromatic heterocycles. The van der Waals surface area contributed by atoms with Crippen LogP contribution in [0.5, 0.6) is 0 Å². The van der Waals surface area contributed by atoms with E-state index in [1.165, 1.54) is 62.5 Å². The summed E-state index contributed by atoms with van der Waals surface area (Å²) in [5, 5.41) is 0. The van der Waals surface area contributed by atoms with E-state index in [-0.39, 0.29) is 5.41 Å². The van der Waals surface area contributed by atoms with E-state index in [9.17, 15) is 0 Å². The predicted molar refractivity (Wildman–Crippen MR) is 129 cm³/mol. The van der Waals surface area contributed by atoms with Crippen LogP contribution in [0.15, 0.2) is 47.0 Å². The van der Waals surface area contributed by atoms with Gasteiger partial charge in [0.15, 0.2) is 0 Å². The summed E-state index contributed by atoms with van der Waals surface area (Å²) in [6, 6.07) is 11.2. The first-order chi connectivity index (χ1) is 15.0. The van der Waals surface area contributed by atoms with Crippen LogP contribution in [-0.2, 0) is 11.3 Å². The Kier molecular flexibility index (Phi) is 5.65. The standard InChI is InChI=1S/C29H41NO/c1-22(2)10-7-15-27(3)24-14-18-28-16-8-13-25(28)29(27,21-30-26(24)28)17-9-19-31-20-23-11-5-4-6-12-23/h4-6,10-12,21,24-26H,7-9,13-20H2,1-3H3/t24?,25-,26+,27-,28+,29+/m0/s1. The van der Waals surface area contributed by atoms with Crippen molar-refractivity contribution >= 4 is 6.21 Å². The molecule has 2 aliphatic heterocycles. The van der Waals surface area contributed by atoms with Crippen LogP contribution in [0.4, 0.5) is 0 Å². The second-order valence-corrected chi connectivity index (χ2v) is 11.5. The van der Waals surface area contributed by atoms with E-state index in [1.807, 2.05) is 0 Å². The van der Waals surface area contributed by atoms with Gasteiger partial charge in [-0.2, -0.15) is 0 Å². The summed E-state index contributed by atoms with van der Waals surface area (Å²) in [4.78, 5) is 5.33. The van der Waals surface area contributed by atoms with Crippen molar-refractivity contribution < 1.29 is 4.74 Å². The maximum atomic E-state index is 6.12. The van der Waals surface area contributed by atoms with Crippen molar-refractivity contribution in [2.75, 3.05) is 6.61 Å². The van der Waals surface area contributed by atoms with Crippen molar-refractivity contribution in [3.8, 4) is 0 Å². The van der Waals surface area contributed by atoms with Crippen LogP contribution in [-0.4, -0.2) is 18.9 Å². The molecule has 6 atom stereocenters. The first kappa shape index (κ1) is 21.4. The van der Waals surface area contributed by atoms with Gasteiger partial charge in [0.2, 0.25) is 0 Å². The normalized spacial score (nSPS) is 39.6. The molecule has 5 aliphatic rings. The molecule has 1 aromatic rings. The van der Waals surface area contributed by atoms with Gasteiger partial charge >= 0.3 is 0 Å². The minimum Gasteiger partial charge on any atom is -0.377 e. The molecule has 0 amide bonds. The Balaban J connectivity index is 1.34. The lowest BCUT2D eigenvalue weighted by Gasteiger charge is -2.65. The summed E-state index contributed by atoms with van der Waals surface area (Å²) >= 11 is 0. The molecule has 0 N–H and O–H groups in total. The molecule has 1 aromatic carbocycles. The zero-order valence-electron chi connectivity index (χ0n) is 19.9. The molecule has 1 spiro atoms. The maximum absolute atomic E-state index is 6.12. The molecule has 2 nitrogen and oxygen atoms in total. The lowest BCUT2D eigenvalue weighted by molar-refractivity contribution is -0.112. The maximum Gasteiger partial charge on any atom is 0.0716 e. The summed E-state index contributed by atoms with van der Waals surface area (Å²) in [7, 11) is 0. The van der Waals surface area contributed by atoms with Crippen molar-refractivity contribution in [1.82, 2.24) is 0 Å². The third-order valence-electron chi connectivity index (χ3n) is 9.90. The quantitative estimate of drug-likeness (QED) is 0.302. The number of rotatable bonds is 9. The van der Waals surface area contributed by atoms with Crippen LogP contribution in [0.3, 0.4) is 0 Å². The van der Waals surface area contributed by atoms with E-state index in [2.05, 4.69) is 63.4 Å². The van der Waals surface area contributed by atoms with E-state index in [0.29, 0.717) is 16.9 Å². The molecule has 4 bridgehead atoms. The van der Waals surface area contributed by atoms with Crippen LogP contribution in [0.2, 0.25) is 0 Å². The lowest BCUT2D eigenvalue weighted by Crippen LogP contribution is -2.65. The van der Waals surface area contributed by atoms with Gasteiger partial charge in [0.1, 0.15) is 0 Å². The zero-order valence-corrected chi connectivity index (χ0v) is 19.9. The van der Waals surface area contributed by atoms with Crippen molar-refractivity contribution in [2.45, 2.75) is 91.2 Å². The van der Waals surface area contributed by atoms with Crippen molar-refractivity contribution in [3.63, 3.8) is 0 Å². The molecule has 2 heterocycles. The molecular formula is C29H41NO. The van der Waals surface area contributed by atoms with Crippen LogP contribution in [0.25, 0.3) is 0 Å². The van der Waals surface area contributed by atoms with E-state index in [0.717, 1.165) is 31.5 Å². The van der Waals surface area contributed by atoms with Crippen LogP contribution in [0.1, 0.15) is 84.1 Å². The third-order valence-corrected chi connectivity index (χ3v) is 9.90. The lowest BCUT2D eigenvalue weighted by atomic mass is 9.40. The van der Waals surface area contributed by atoms with Crippen LogP contribution < -0.4 is 0 Å².